The van der Waals surface area contributed by atoms with Gasteiger partial charge in [0.15, 0.2) is 5.03 Å². The van der Waals surface area contributed by atoms with E-state index in [-0.39, 0.29) is 11.6 Å². The zero-order valence-electron chi connectivity index (χ0n) is 11.1. The van der Waals surface area contributed by atoms with E-state index in [0.29, 0.717) is 24.3 Å². The number of hydrogen-bond donors (Lipinski definition) is 2. The summed E-state index contributed by atoms with van der Waals surface area (Å²) in [5, 5.41) is 6.68. The summed E-state index contributed by atoms with van der Waals surface area (Å²) in [4.78, 5) is 0. The molecule has 0 fully saturated rings. The molecule has 0 bridgehead atoms. The Morgan fingerprint density at radius 2 is 1.90 bits per heavy atom. The molecule has 0 saturated carbocycles. The summed E-state index contributed by atoms with van der Waals surface area (Å²) in [6.45, 7) is 2.69. The smallest absolute Gasteiger partial charge is 0.263 e. The molecule has 1 aromatic heterocycles. The summed E-state index contributed by atoms with van der Waals surface area (Å²) in [5.74, 6) is 0. The molecule has 1 aliphatic rings. The molecule has 3 rings (SSSR count). The molecule has 1 aliphatic heterocycles. The average molecular weight is 292 g/mol. The van der Waals surface area contributed by atoms with Crippen LogP contribution in [-0.2, 0) is 29.7 Å². The molecule has 106 valence electrons. The van der Waals surface area contributed by atoms with Gasteiger partial charge in [-0.15, -0.1) is 0 Å². The van der Waals surface area contributed by atoms with E-state index < -0.39 is 10.0 Å². The molecule has 0 atom stereocenters. The summed E-state index contributed by atoms with van der Waals surface area (Å²) in [7, 11) is -3.62. The maximum atomic E-state index is 12.7. The lowest BCUT2D eigenvalue weighted by atomic mass is 10.1. The van der Waals surface area contributed by atoms with Crippen LogP contribution in [-0.4, -0.2) is 22.9 Å². The number of H-pyrrole nitrogens is 1. The summed E-state index contributed by atoms with van der Waals surface area (Å²) in [5.41, 5.74) is 8.96. The van der Waals surface area contributed by atoms with Crippen molar-refractivity contribution in [2.24, 2.45) is 5.73 Å². The van der Waals surface area contributed by atoms with E-state index in [9.17, 15) is 8.42 Å². The van der Waals surface area contributed by atoms with E-state index in [1.54, 1.807) is 6.92 Å². The Morgan fingerprint density at radius 3 is 2.45 bits per heavy atom. The fourth-order valence-corrected chi connectivity index (χ4v) is 4.05. The van der Waals surface area contributed by atoms with E-state index >= 15 is 0 Å². The van der Waals surface area contributed by atoms with Gasteiger partial charge in [-0.1, -0.05) is 24.3 Å². The third-order valence-electron chi connectivity index (χ3n) is 3.64. The SMILES string of the molecule is Cc1[nH]nc(S(=O)(=O)N2Cc3ccccc3C2)c1CN. The van der Waals surface area contributed by atoms with E-state index in [1.807, 2.05) is 24.3 Å². The minimum absolute atomic E-state index is 0.0466. The van der Waals surface area contributed by atoms with Gasteiger partial charge in [-0.25, -0.2) is 8.42 Å². The molecule has 0 spiro atoms. The summed E-state index contributed by atoms with van der Waals surface area (Å²) < 4.78 is 26.8. The number of nitrogens with zero attached hydrogens (tertiary/aromatic N) is 2. The largest absolute Gasteiger partial charge is 0.326 e. The number of aromatic nitrogens is 2. The van der Waals surface area contributed by atoms with Gasteiger partial charge in [-0.2, -0.15) is 9.40 Å². The number of nitrogens with one attached hydrogen (secondary N) is 1. The molecule has 0 unspecified atom stereocenters. The van der Waals surface area contributed by atoms with Crippen LogP contribution in [0.1, 0.15) is 22.4 Å². The van der Waals surface area contributed by atoms with E-state index in [4.69, 9.17) is 5.73 Å². The highest BCUT2D eigenvalue weighted by atomic mass is 32.2. The van der Waals surface area contributed by atoms with Crippen molar-refractivity contribution in [1.82, 2.24) is 14.5 Å². The first kappa shape index (κ1) is 13.3. The van der Waals surface area contributed by atoms with E-state index in [2.05, 4.69) is 10.2 Å². The minimum atomic E-state index is -3.62. The predicted octanol–water partition coefficient (Wildman–Crippen LogP) is 0.881. The van der Waals surface area contributed by atoms with Crippen LogP contribution in [0, 0.1) is 6.92 Å². The second-order valence-electron chi connectivity index (χ2n) is 4.88. The van der Waals surface area contributed by atoms with Crippen molar-refractivity contribution < 1.29 is 8.42 Å². The summed E-state index contributed by atoms with van der Waals surface area (Å²) in [6.07, 6.45) is 0. The molecule has 0 aliphatic carbocycles. The Hall–Kier alpha value is -1.70. The van der Waals surface area contributed by atoms with E-state index in [1.165, 1.54) is 4.31 Å². The highest BCUT2D eigenvalue weighted by molar-refractivity contribution is 7.89. The summed E-state index contributed by atoms with van der Waals surface area (Å²) in [6, 6.07) is 7.73. The molecule has 7 heteroatoms. The predicted molar refractivity (Wildman–Crippen MR) is 74.1 cm³/mol. The first-order chi connectivity index (χ1) is 9.54. The lowest BCUT2D eigenvalue weighted by Crippen LogP contribution is -2.27. The fraction of sp³-hybridized carbons (Fsp3) is 0.308. The van der Waals surface area contributed by atoms with Crippen LogP contribution >= 0.6 is 0 Å². The quantitative estimate of drug-likeness (QED) is 0.878. The molecule has 6 nitrogen and oxygen atoms in total. The number of rotatable bonds is 3. The van der Waals surface area contributed by atoms with Gasteiger partial charge in [0.1, 0.15) is 0 Å². The number of nitrogens with two attached hydrogens (primary N) is 1. The first-order valence-corrected chi connectivity index (χ1v) is 7.79. The van der Waals surface area contributed by atoms with Crippen LogP contribution in [0.3, 0.4) is 0 Å². The van der Waals surface area contributed by atoms with Crippen LogP contribution in [0.25, 0.3) is 0 Å². The lowest BCUT2D eigenvalue weighted by molar-refractivity contribution is 0.428. The topological polar surface area (TPSA) is 92.1 Å². The van der Waals surface area contributed by atoms with Crippen LogP contribution in [0.5, 0.6) is 0 Å². The van der Waals surface area contributed by atoms with Crippen molar-refractivity contribution in [2.75, 3.05) is 0 Å². The zero-order chi connectivity index (χ0) is 14.3. The molecular formula is C13H16N4O2S. The van der Waals surface area contributed by atoms with Gasteiger partial charge in [0, 0.05) is 30.9 Å². The number of sulfonamides is 1. The number of aryl methyl sites for hydroxylation is 1. The Kier molecular flexibility index (Phi) is 3.12. The molecule has 0 amide bonds. The molecular weight excluding hydrogens is 276 g/mol. The lowest BCUT2D eigenvalue weighted by Gasteiger charge is -2.14. The molecule has 2 heterocycles. The van der Waals surface area contributed by atoms with Crippen molar-refractivity contribution >= 4 is 10.0 Å². The van der Waals surface area contributed by atoms with Crippen LogP contribution in [0.2, 0.25) is 0 Å². The minimum Gasteiger partial charge on any atom is -0.326 e. The van der Waals surface area contributed by atoms with Crippen molar-refractivity contribution in [3.8, 4) is 0 Å². The van der Waals surface area contributed by atoms with Crippen LogP contribution < -0.4 is 5.73 Å². The monoisotopic (exact) mass is 292 g/mol. The molecule has 0 radical (unpaired) electrons. The van der Waals surface area contributed by atoms with Crippen LogP contribution in [0.4, 0.5) is 0 Å². The number of aromatic amines is 1. The van der Waals surface area contributed by atoms with E-state index in [0.717, 1.165) is 11.1 Å². The second kappa shape index (κ2) is 4.69. The number of hydrogen-bond acceptors (Lipinski definition) is 4. The maximum absolute atomic E-state index is 12.7. The third-order valence-corrected chi connectivity index (χ3v) is 5.40. The van der Waals surface area contributed by atoms with Crippen molar-refractivity contribution in [1.29, 1.82) is 0 Å². The van der Waals surface area contributed by atoms with Crippen molar-refractivity contribution in [3.05, 3.63) is 46.6 Å². The van der Waals surface area contributed by atoms with Gasteiger partial charge in [-0.3, -0.25) is 5.10 Å². The molecule has 0 saturated heterocycles. The Morgan fingerprint density at radius 1 is 1.30 bits per heavy atom. The first-order valence-electron chi connectivity index (χ1n) is 6.35. The highest BCUT2D eigenvalue weighted by Gasteiger charge is 2.34. The number of benzene rings is 1. The Balaban J connectivity index is 1.99. The summed E-state index contributed by atoms with van der Waals surface area (Å²) >= 11 is 0. The fourth-order valence-electron chi connectivity index (χ4n) is 2.48. The van der Waals surface area contributed by atoms with Crippen molar-refractivity contribution in [3.63, 3.8) is 0 Å². The average Bonchev–Trinajstić information content (AvgIpc) is 3.02. The van der Waals surface area contributed by atoms with Crippen molar-refractivity contribution in [2.45, 2.75) is 31.6 Å². The van der Waals surface area contributed by atoms with Gasteiger partial charge >= 0.3 is 0 Å². The van der Waals surface area contributed by atoms with Gasteiger partial charge in [0.05, 0.1) is 0 Å². The van der Waals surface area contributed by atoms with Gasteiger partial charge in [0.2, 0.25) is 0 Å². The standard InChI is InChI=1S/C13H16N4O2S/c1-9-12(6-14)13(16-15-9)20(18,19)17-7-10-4-2-3-5-11(10)8-17/h2-5H,6-8,14H2,1H3,(H,15,16). The zero-order valence-corrected chi connectivity index (χ0v) is 11.9. The third kappa shape index (κ3) is 1.94. The second-order valence-corrected chi connectivity index (χ2v) is 6.73. The van der Waals surface area contributed by atoms with Gasteiger partial charge < -0.3 is 5.73 Å². The maximum Gasteiger partial charge on any atom is 0.263 e. The van der Waals surface area contributed by atoms with Gasteiger partial charge in [0.25, 0.3) is 10.0 Å². The highest BCUT2D eigenvalue weighted by Crippen LogP contribution is 2.29. The Labute approximate surface area is 117 Å². The van der Waals surface area contributed by atoms with Gasteiger partial charge in [-0.05, 0) is 18.1 Å². The molecule has 1 aromatic carbocycles. The molecule has 2 aromatic rings. The normalized spacial score (nSPS) is 15.5. The Bertz CT molecular complexity index is 726. The number of fused-ring (bicyclic) bond motifs is 1. The molecule has 3 N–H and O–H groups in total. The van der Waals surface area contributed by atoms with Crippen LogP contribution in [0.15, 0.2) is 29.3 Å². The molecule has 20 heavy (non-hydrogen) atoms.